The Balaban J connectivity index is 2.93. The van der Waals surface area contributed by atoms with Crippen LogP contribution in [0.5, 0.6) is 0 Å². The number of benzene rings is 1. The fourth-order valence-corrected chi connectivity index (χ4v) is 1.20. The van der Waals surface area contributed by atoms with Crippen LogP contribution < -0.4 is 5.73 Å². The van der Waals surface area contributed by atoms with E-state index in [2.05, 4.69) is 0 Å². The van der Waals surface area contributed by atoms with Crippen molar-refractivity contribution in [3.8, 4) is 0 Å². The van der Waals surface area contributed by atoms with Gasteiger partial charge in [0.2, 0.25) is 0 Å². The molecule has 0 aliphatic heterocycles. The summed E-state index contributed by atoms with van der Waals surface area (Å²) >= 11 is 0. The van der Waals surface area contributed by atoms with Gasteiger partial charge in [0.25, 0.3) is 0 Å². The van der Waals surface area contributed by atoms with Crippen molar-refractivity contribution >= 4 is 11.5 Å². The number of nitrogen functional groups attached to an aromatic ring is 1. The van der Waals surface area contributed by atoms with E-state index in [1.807, 2.05) is 0 Å². The molecule has 0 aliphatic rings. The standard InChI is InChI=1S/C10H8F5NO/c11-5-1-2-6(16)9(12)8(5)7(17)3-4-10(13,14)15/h1-2H,3-4,16H2. The maximum absolute atomic E-state index is 13.3. The Bertz CT molecular complexity index is 441. The topological polar surface area (TPSA) is 43.1 Å². The van der Waals surface area contributed by atoms with Gasteiger partial charge in [0, 0.05) is 6.42 Å². The van der Waals surface area contributed by atoms with Crippen LogP contribution >= 0.6 is 0 Å². The number of Topliss-reactive ketones (excluding diaryl/α,β-unsaturated/α-hetero) is 1. The van der Waals surface area contributed by atoms with Gasteiger partial charge in [-0.1, -0.05) is 0 Å². The lowest BCUT2D eigenvalue weighted by Gasteiger charge is -2.08. The first-order valence-corrected chi connectivity index (χ1v) is 4.56. The summed E-state index contributed by atoms with van der Waals surface area (Å²) in [5.41, 5.74) is 3.59. The number of anilines is 1. The van der Waals surface area contributed by atoms with Crippen LogP contribution in [0.2, 0.25) is 0 Å². The van der Waals surface area contributed by atoms with E-state index in [1.54, 1.807) is 0 Å². The minimum absolute atomic E-state index is 0.484. The Morgan fingerprint density at radius 2 is 1.82 bits per heavy atom. The number of hydrogen-bond acceptors (Lipinski definition) is 2. The molecule has 0 aromatic heterocycles. The van der Waals surface area contributed by atoms with Crippen molar-refractivity contribution in [2.75, 3.05) is 5.73 Å². The van der Waals surface area contributed by atoms with Gasteiger partial charge < -0.3 is 5.73 Å². The van der Waals surface area contributed by atoms with E-state index in [0.29, 0.717) is 0 Å². The number of alkyl halides is 3. The Morgan fingerprint density at radius 1 is 1.24 bits per heavy atom. The first-order chi connectivity index (χ1) is 7.72. The Labute approximate surface area is 93.2 Å². The zero-order chi connectivity index (χ0) is 13.2. The van der Waals surface area contributed by atoms with Gasteiger partial charge in [-0.15, -0.1) is 0 Å². The molecule has 1 rings (SSSR count). The highest BCUT2D eigenvalue weighted by molar-refractivity contribution is 5.97. The van der Waals surface area contributed by atoms with Gasteiger partial charge in [0.1, 0.15) is 5.82 Å². The summed E-state index contributed by atoms with van der Waals surface area (Å²) in [5, 5.41) is 0. The summed E-state index contributed by atoms with van der Waals surface area (Å²) < 4.78 is 61.9. The van der Waals surface area contributed by atoms with Crippen LogP contribution in [0, 0.1) is 11.6 Å². The fourth-order valence-electron chi connectivity index (χ4n) is 1.20. The zero-order valence-corrected chi connectivity index (χ0v) is 8.44. The third-order valence-corrected chi connectivity index (χ3v) is 2.04. The minimum Gasteiger partial charge on any atom is -0.396 e. The van der Waals surface area contributed by atoms with Gasteiger partial charge in [-0.25, -0.2) is 8.78 Å². The summed E-state index contributed by atoms with van der Waals surface area (Å²) in [5.74, 6) is -3.80. The molecule has 0 saturated carbocycles. The van der Waals surface area contributed by atoms with E-state index in [0.717, 1.165) is 12.1 Å². The second-order valence-corrected chi connectivity index (χ2v) is 3.36. The van der Waals surface area contributed by atoms with Crippen LogP contribution in [0.25, 0.3) is 0 Å². The predicted molar refractivity (Wildman–Crippen MR) is 50.4 cm³/mol. The Kier molecular flexibility index (Phi) is 3.69. The maximum atomic E-state index is 13.3. The summed E-state index contributed by atoms with van der Waals surface area (Å²) in [6.07, 6.45) is -7.00. The number of carbonyl (C=O) groups is 1. The van der Waals surface area contributed by atoms with Crippen LogP contribution in [-0.4, -0.2) is 12.0 Å². The zero-order valence-electron chi connectivity index (χ0n) is 8.44. The number of ketones is 1. The van der Waals surface area contributed by atoms with Gasteiger partial charge in [-0.3, -0.25) is 4.79 Å². The first-order valence-electron chi connectivity index (χ1n) is 4.56. The second kappa shape index (κ2) is 4.68. The number of rotatable bonds is 3. The predicted octanol–water partition coefficient (Wildman–Crippen LogP) is 3.07. The molecule has 0 spiro atoms. The molecular formula is C10H8F5NO. The molecule has 17 heavy (non-hydrogen) atoms. The summed E-state index contributed by atoms with van der Waals surface area (Å²) in [6.45, 7) is 0. The van der Waals surface area contributed by atoms with Crippen molar-refractivity contribution in [3.05, 3.63) is 29.3 Å². The second-order valence-electron chi connectivity index (χ2n) is 3.36. The third kappa shape index (κ3) is 3.40. The van der Waals surface area contributed by atoms with Crippen LogP contribution in [0.3, 0.4) is 0 Å². The largest absolute Gasteiger partial charge is 0.396 e. The van der Waals surface area contributed by atoms with Crippen molar-refractivity contribution in [1.29, 1.82) is 0 Å². The lowest BCUT2D eigenvalue weighted by molar-refractivity contribution is -0.133. The van der Waals surface area contributed by atoms with Gasteiger partial charge >= 0.3 is 6.18 Å². The monoisotopic (exact) mass is 253 g/mol. The van der Waals surface area contributed by atoms with Crippen molar-refractivity contribution in [2.45, 2.75) is 19.0 Å². The molecule has 0 radical (unpaired) electrons. The molecule has 0 bridgehead atoms. The number of carbonyl (C=O) groups excluding carboxylic acids is 1. The molecular weight excluding hydrogens is 245 g/mol. The smallest absolute Gasteiger partial charge is 0.389 e. The normalized spacial score (nSPS) is 11.6. The maximum Gasteiger partial charge on any atom is 0.389 e. The molecule has 0 atom stereocenters. The van der Waals surface area contributed by atoms with E-state index >= 15 is 0 Å². The highest BCUT2D eigenvalue weighted by atomic mass is 19.4. The quantitative estimate of drug-likeness (QED) is 0.511. The number of halogens is 5. The van der Waals surface area contributed by atoms with E-state index < -0.39 is 47.7 Å². The number of hydrogen-bond donors (Lipinski definition) is 1. The van der Waals surface area contributed by atoms with Crippen molar-refractivity contribution in [1.82, 2.24) is 0 Å². The summed E-state index contributed by atoms with van der Waals surface area (Å²) in [6, 6.07) is 1.63. The average molecular weight is 253 g/mol. The molecule has 0 amide bonds. The summed E-state index contributed by atoms with van der Waals surface area (Å²) in [7, 11) is 0. The lowest BCUT2D eigenvalue weighted by Crippen LogP contribution is -2.13. The first kappa shape index (κ1) is 13.4. The van der Waals surface area contributed by atoms with Crippen LogP contribution in [0.4, 0.5) is 27.6 Å². The van der Waals surface area contributed by atoms with E-state index in [-0.39, 0.29) is 0 Å². The molecule has 1 aromatic carbocycles. The highest BCUT2D eigenvalue weighted by Gasteiger charge is 2.29. The molecule has 2 N–H and O–H groups in total. The summed E-state index contributed by atoms with van der Waals surface area (Å²) in [4.78, 5) is 11.2. The molecule has 1 aromatic rings. The van der Waals surface area contributed by atoms with Crippen molar-refractivity contribution in [3.63, 3.8) is 0 Å². The molecule has 2 nitrogen and oxygen atoms in total. The Morgan fingerprint density at radius 3 is 2.35 bits per heavy atom. The molecule has 0 aliphatic carbocycles. The van der Waals surface area contributed by atoms with Gasteiger partial charge in [-0.2, -0.15) is 13.2 Å². The molecule has 7 heteroatoms. The lowest BCUT2D eigenvalue weighted by atomic mass is 10.0. The minimum atomic E-state index is -4.55. The molecule has 0 heterocycles. The number of nitrogens with two attached hydrogens (primary N) is 1. The molecule has 0 unspecified atom stereocenters. The van der Waals surface area contributed by atoms with Crippen molar-refractivity contribution in [2.24, 2.45) is 0 Å². The van der Waals surface area contributed by atoms with E-state index in [4.69, 9.17) is 5.73 Å². The Hall–Kier alpha value is -1.66. The van der Waals surface area contributed by atoms with Gasteiger partial charge in [-0.05, 0) is 12.1 Å². The van der Waals surface area contributed by atoms with Gasteiger partial charge in [0.05, 0.1) is 17.7 Å². The van der Waals surface area contributed by atoms with Crippen molar-refractivity contribution < 1.29 is 26.7 Å². The van der Waals surface area contributed by atoms with Gasteiger partial charge in [0.15, 0.2) is 11.6 Å². The fraction of sp³-hybridized carbons (Fsp3) is 0.300. The SMILES string of the molecule is Nc1ccc(F)c(C(=O)CCC(F)(F)F)c1F. The van der Waals surface area contributed by atoms with Crippen LogP contribution in [-0.2, 0) is 0 Å². The van der Waals surface area contributed by atoms with Crippen LogP contribution in [0.1, 0.15) is 23.2 Å². The molecule has 0 saturated heterocycles. The van der Waals surface area contributed by atoms with E-state index in [9.17, 15) is 26.7 Å². The van der Waals surface area contributed by atoms with E-state index in [1.165, 1.54) is 0 Å². The molecule has 0 fully saturated rings. The highest BCUT2D eigenvalue weighted by Crippen LogP contribution is 2.25. The third-order valence-electron chi connectivity index (χ3n) is 2.04. The van der Waals surface area contributed by atoms with Crippen LogP contribution in [0.15, 0.2) is 12.1 Å². The molecule has 94 valence electrons. The average Bonchev–Trinajstić information content (AvgIpc) is 2.20.